The van der Waals surface area contributed by atoms with Gasteiger partial charge in [0.05, 0.1) is 0 Å². The lowest BCUT2D eigenvalue weighted by molar-refractivity contribution is 0.262. The first kappa shape index (κ1) is 14.8. The summed E-state index contributed by atoms with van der Waals surface area (Å²) in [4.78, 5) is 13.1. The monoisotopic (exact) mass is 306 g/mol. The van der Waals surface area contributed by atoms with Gasteiger partial charge in [-0.25, -0.2) is 4.79 Å². The van der Waals surface area contributed by atoms with Crippen LogP contribution in [0.5, 0.6) is 0 Å². The normalized spacial score (nSPS) is 10.2. The second-order valence-electron chi connectivity index (χ2n) is 4.27. The summed E-state index contributed by atoms with van der Waals surface area (Å²) in [6.45, 7) is 1.92. The van der Waals surface area contributed by atoms with Crippen LogP contribution in [0.3, 0.4) is 0 Å². The third-order valence-corrected chi connectivity index (χ3v) is 3.77. The van der Waals surface area contributed by atoms with E-state index in [2.05, 4.69) is 10.6 Å². The van der Waals surface area contributed by atoms with Crippen molar-refractivity contribution >= 4 is 40.8 Å². The van der Waals surface area contributed by atoms with Crippen LogP contribution in [-0.2, 0) is 0 Å². The summed E-state index contributed by atoms with van der Waals surface area (Å²) in [6, 6.07) is 12.8. The fourth-order valence-electron chi connectivity index (χ4n) is 1.69. The van der Waals surface area contributed by atoms with E-state index in [1.54, 1.807) is 23.9 Å². The lowest BCUT2D eigenvalue weighted by Crippen LogP contribution is -2.19. The molecule has 2 aromatic rings. The Bertz CT molecular complexity index is 614. The molecule has 0 saturated heterocycles. The molecule has 2 N–H and O–H groups in total. The third-order valence-electron chi connectivity index (χ3n) is 2.80. The average Bonchev–Trinajstić information content (AvgIpc) is 2.43. The van der Waals surface area contributed by atoms with Gasteiger partial charge in [-0.2, -0.15) is 0 Å². The fourth-order valence-corrected chi connectivity index (χ4v) is 2.27. The number of benzene rings is 2. The molecule has 0 saturated carbocycles. The van der Waals surface area contributed by atoms with Crippen LogP contribution in [0.4, 0.5) is 16.2 Å². The van der Waals surface area contributed by atoms with Crippen molar-refractivity contribution in [3.63, 3.8) is 0 Å². The lowest BCUT2D eigenvalue weighted by Gasteiger charge is -2.10. The van der Waals surface area contributed by atoms with Crippen molar-refractivity contribution in [3.05, 3.63) is 53.1 Å². The van der Waals surface area contributed by atoms with Gasteiger partial charge in [-0.15, -0.1) is 11.8 Å². The Kier molecular flexibility index (Phi) is 4.93. The van der Waals surface area contributed by atoms with E-state index < -0.39 is 0 Å². The molecular weight excluding hydrogens is 292 g/mol. The molecule has 20 heavy (non-hydrogen) atoms. The maximum atomic E-state index is 11.9. The zero-order chi connectivity index (χ0) is 14.5. The second-order valence-corrected chi connectivity index (χ2v) is 5.58. The van der Waals surface area contributed by atoms with Crippen LogP contribution in [0.1, 0.15) is 5.56 Å². The van der Waals surface area contributed by atoms with Gasteiger partial charge in [0.25, 0.3) is 0 Å². The molecule has 2 rings (SSSR count). The molecule has 0 aliphatic carbocycles. The van der Waals surface area contributed by atoms with Crippen LogP contribution in [0, 0.1) is 6.92 Å². The number of anilines is 2. The molecule has 0 radical (unpaired) electrons. The molecule has 2 amide bonds. The van der Waals surface area contributed by atoms with E-state index >= 15 is 0 Å². The SMILES string of the molecule is CSc1ccc(NC(=O)Nc2cc(Cl)ccc2C)cc1. The second kappa shape index (κ2) is 6.68. The van der Waals surface area contributed by atoms with Crippen molar-refractivity contribution in [3.8, 4) is 0 Å². The highest BCUT2D eigenvalue weighted by molar-refractivity contribution is 7.98. The van der Waals surface area contributed by atoms with Crippen molar-refractivity contribution in [1.82, 2.24) is 0 Å². The van der Waals surface area contributed by atoms with E-state index in [1.165, 1.54) is 0 Å². The molecule has 3 nitrogen and oxygen atoms in total. The van der Waals surface area contributed by atoms with Crippen molar-refractivity contribution in [2.45, 2.75) is 11.8 Å². The van der Waals surface area contributed by atoms with Gasteiger partial charge < -0.3 is 10.6 Å². The number of nitrogens with one attached hydrogen (secondary N) is 2. The lowest BCUT2D eigenvalue weighted by atomic mass is 10.2. The largest absolute Gasteiger partial charge is 0.323 e. The smallest absolute Gasteiger partial charge is 0.308 e. The van der Waals surface area contributed by atoms with Crippen molar-refractivity contribution in [2.24, 2.45) is 0 Å². The van der Waals surface area contributed by atoms with Gasteiger partial charge >= 0.3 is 6.03 Å². The van der Waals surface area contributed by atoms with Gasteiger partial charge in [0, 0.05) is 21.3 Å². The summed E-state index contributed by atoms with van der Waals surface area (Å²) in [5.41, 5.74) is 2.41. The first-order valence-electron chi connectivity index (χ1n) is 6.06. The van der Waals surface area contributed by atoms with Crippen LogP contribution < -0.4 is 10.6 Å². The molecule has 0 heterocycles. The number of halogens is 1. The highest BCUT2D eigenvalue weighted by Crippen LogP contribution is 2.21. The Morgan fingerprint density at radius 3 is 2.45 bits per heavy atom. The van der Waals surface area contributed by atoms with Gasteiger partial charge in [-0.3, -0.25) is 0 Å². The number of rotatable bonds is 3. The molecule has 0 fully saturated rings. The molecule has 0 bridgehead atoms. The molecule has 5 heteroatoms. The highest BCUT2D eigenvalue weighted by atomic mass is 35.5. The van der Waals surface area contributed by atoms with Crippen LogP contribution in [0.15, 0.2) is 47.4 Å². The summed E-state index contributed by atoms with van der Waals surface area (Å²) in [6.07, 6.45) is 2.01. The number of aryl methyl sites for hydroxylation is 1. The molecule has 0 unspecified atom stereocenters. The number of amides is 2. The Balaban J connectivity index is 2.03. The molecule has 2 aromatic carbocycles. The predicted molar refractivity (Wildman–Crippen MR) is 87.1 cm³/mol. The first-order chi connectivity index (χ1) is 9.58. The minimum Gasteiger partial charge on any atom is -0.308 e. The fraction of sp³-hybridized carbons (Fsp3) is 0.133. The van der Waals surface area contributed by atoms with E-state index in [0.717, 1.165) is 16.1 Å². The number of urea groups is 1. The topological polar surface area (TPSA) is 41.1 Å². The van der Waals surface area contributed by atoms with Gasteiger partial charge in [0.2, 0.25) is 0 Å². The van der Waals surface area contributed by atoms with Gasteiger partial charge in [-0.05, 0) is 55.1 Å². The molecule has 104 valence electrons. The molecule has 0 aliphatic heterocycles. The first-order valence-corrected chi connectivity index (χ1v) is 7.67. The summed E-state index contributed by atoms with van der Waals surface area (Å²) < 4.78 is 0. The maximum absolute atomic E-state index is 11.9. The molecule has 0 atom stereocenters. The Hall–Kier alpha value is -1.65. The van der Waals surface area contributed by atoms with E-state index in [1.807, 2.05) is 43.5 Å². The van der Waals surface area contributed by atoms with E-state index in [9.17, 15) is 4.79 Å². The number of thioether (sulfide) groups is 1. The van der Waals surface area contributed by atoms with Crippen molar-refractivity contribution in [2.75, 3.05) is 16.9 Å². The van der Waals surface area contributed by atoms with E-state index in [-0.39, 0.29) is 6.03 Å². The zero-order valence-electron chi connectivity index (χ0n) is 11.2. The zero-order valence-corrected chi connectivity index (χ0v) is 12.8. The number of hydrogen-bond acceptors (Lipinski definition) is 2. The number of carbonyl (C=O) groups excluding carboxylic acids is 1. The molecular formula is C15H15ClN2OS. The van der Waals surface area contributed by atoms with Crippen LogP contribution in [0.25, 0.3) is 0 Å². The standard InChI is InChI=1S/C15H15ClN2OS/c1-10-3-4-11(16)9-14(10)18-15(19)17-12-5-7-13(20-2)8-6-12/h3-9H,1-2H3,(H2,17,18,19). The van der Waals surface area contributed by atoms with Gasteiger partial charge in [0.15, 0.2) is 0 Å². The van der Waals surface area contributed by atoms with Crippen LogP contribution >= 0.6 is 23.4 Å². The Morgan fingerprint density at radius 1 is 1.10 bits per heavy atom. The van der Waals surface area contributed by atoms with E-state index in [0.29, 0.717) is 10.7 Å². The average molecular weight is 307 g/mol. The minimum absolute atomic E-state index is 0.285. The number of hydrogen-bond donors (Lipinski definition) is 2. The van der Waals surface area contributed by atoms with Crippen LogP contribution in [-0.4, -0.2) is 12.3 Å². The highest BCUT2D eigenvalue weighted by Gasteiger charge is 2.05. The van der Waals surface area contributed by atoms with Gasteiger partial charge in [0.1, 0.15) is 0 Å². The Morgan fingerprint density at radius 2 is 1.80 bits per heavy atom. The minimum atomic E-state index is -0.285. The molecule has 0 aliphatic rings. The number of carbonyl (C=O) groups is 1. The van der Waals surface area contributed by atoms with Crippen LogP contribution in [0.2, 0.25) is 5.02 Å². The summed E-state index contributed by atoms with van der Waals surface area (Å²) in [5.74, 6) is 0. The summed E-state index contributed by atoms with van der Waals surface area (Å²) in [7, 11) is 0. The van der Waals surface area contributed by atoms with Crippen molar-refractivity contribution in [1.29, 1.82) is 0 Å². The summed E-state index contributed by atoms with van der Waals surface area (Å²) >= 11 is 7.58. The predicted octanol–water partition coefficient (Wildman–Crippen LogP) is 5.01. The third kappa shape index (κ3) is 3.92. The molecule has 0 spiro atoms. The maximum Gasteiger partial charge on any atom is 0.323 e. The summed E-state index contributed by atoms with van der Waals surface area (Å²) in [5, 5.41) is 6.17. The quantitative estimate of drug-likeness (QED) is 0.782. The van der Waals surface area contributed by atoms with Gasteiger partial charge in [-0.1, -0.05) is 17.7 Å². The van der Waals surface area contributed by atoms with Crippen molar-refractivity contribution < 1.29 is 4.79 Å². The van der Waals surface area contributed by atoms with E-state index in [4.69, 9.17) is 11.6 Å². The molecule has 0 aromatic heterocycles. The Labute approximate surface area is 127 Å².